The molecule has 1 atom stereocenters. The molecular weight excluding hydrogens is 329 g/mol. The molecule has 5 heteroatoms. The summed E-state index contributed by atoms with van der Waals surface area (Å²) in [4.78, 5) is 24.7. The van der Waals surface area contributed by atoms with Gasteiger partial charge in [0, 0.05) is 12.0 Å². The molecule has 2 aromatic rings. The number of amides is 1. The van der Waals surface area contributed by atoms with Crippen LogP contribution in [0.5, 0.6) is 0 Å². The Morgan fingerprint density at radius 3 is 2.58 bits per heavy atom. The number of halogens is 2. The third kappa shape index (κ3) is 2.51. The van der Waals surface area contributed by atoms with E-state index in [0.717, 1.165) is 5.56 Å². The average Bonchev–Trinajstić information content (AvgIpc) is 3.25. The summed E-state index contributed by atoms with van der Waals surface area (Å²) in [6.07, 6.45) is 1.15. The monoisotopic (exact) mass is 343 g/mol. The molecule has 1 unspecified atom stereocenters. The molecule has 1 fully saturated rings. The topological polar surface area (TPSA) is 46.2 Å². The third-order valence-corrected chi connectivity index (χ3v) is 5.10. The summed E-state index contributed by atoms with van der Waals surface area (Å²) in [5, 5.41) is 3.21. The lowest BCUT2D eigenvalue weighted by atomic mass is 9.92. The third-order valence-electron chi connectivity index (χ3n) is 4.79. The van der Waals surface area contributed by atoms with E-state index in [9.17, 15) is 14.0 Å². The molecule has 0 bridgehead atoms. The highest BCUT2D eigenvalue weighted by molar-refractivity contribution is 6.34. The second-order valence-corrected chi connectivity index (χ2v) is 6.82. The minimum Gasteiger partial charge on any atom is -0.324 e. The van der Waals surface area contributed by atoms with E-state index in [1.54, 1.807) is 42.5 Å². The Bertz CT molecular complexity index is 843. The summed E-state index contributed by atoms with van der Waals surface area (Å²) in [5.41, 5.74) is 1.24. The fourth-order valence-corrected chi connectivity index (χ4v) is 3.40. The van der Waals surface area contributed by atoms with Crippen molar-refractivity contribution >= 4 is 29.0 Å². The maximum Gasteiger partial charge on any atom is 0.232 e. The van der Waals surface area contributed by atoms with Crippen molar-refractivity contribution in [1.82, 2.24) is 0 Å². The zero-order valence-corrected chi connectivity index (χ0v) is 13.6. The molecule has 1 amide bonds. The lowest BCUT2D eigenvalue weighted by Gasteiger charge is -2.10. The standard InChI is InChI=1S/C19H15ClFNO2/c20-15-3-1-2-13-14(18(24)22-17(13)15)10-16(23)11-4-6-12(7-5-11)19(21)8-9-19/h1-7,14H,8-10H2,(H,22,24). The summed E-state index contributed by atoms with van der Waals surface area (Å²) in [6, 6.07) is 11.9. The van der Waals surface area contributed by atoms with Crippen molar-refractivity contribution in [1.29, 1.82) is 0 Å². The Kier molecular flexibility index (Phi) is 3.46. The van der Waals surface area contributed by atoms with Gasteiger partial charge in [0.2, 0.25) is 5.91 Å². The number of benzene rings is 2. The molecule has 24 heavy (non-hydrogen) atoms. The largest absolute Gasteiger partial charge is 0.324 e. The second-order valence-electron chi connectivity index (χ2n) is 6.42. The van der Waals surface area contributed by atoms with Crippen molar-refractivity contribution < 1.29 is 14.0 Å². The van der Waals surface area contributed by atoms with Gasteiger partial charge >= 0.3 is 0 Å². The molecule has 3 nitrogen and oxygen atoms in total. The van der Waals surface area contributed by atoms with Gasteiger partial charge in [-0.25, -0.2) is 4.39 Å². The van der Waals surface area contributed by atoms with Crippen LogP contribution in [0, 0.1) is 0 Å². The smallest absolute Gasteiger partial charge is 0.232 e. The average molecular weight is 344 g/mol. The summed E-state index contributed by atoms with van der Waals surface area (Å²) in [6.45, 7) is 0. The Labute approximate surface area is 143 Å². The first-order chi connectivity index (χ1) is 11.5. The fourth-order valence-electron chi connectivity index (χ4n) is 3.17. The maximum atomic E-state index is 14.0. The van der Waals surface area contributed by atoms with Gasteiger partial charge in [-0.1, -0.05) is 48.0 Å². The Hall–Kier alpha value is -2.20. The molecule has 1 aliphatic carbocycles. The highest BCUT2D eigenvalue weighted by Crippen LogP contribution is 2.49. The maximum absolute atomic E-state index is 14.0. The van der Waals surface area contributed by atoms with Crippen LogP contribution >= 0.6 is 11.6 Å². The lowest BCUT2D eigenvalue weighted by Crippen LogP contribution is -2.16. The van der Waals surface area contributed by atoms with Crippen molar-refractivity contribution in [3.8, 4) is 0 Å². The van der Waals surface area contributed by atoms with Crippen LogP contribution in [0.25, 0.3) is 0 Å². The normalized spacial score (nSPS) is 20.4. The van der Waals surface area contributed by atoms with E-state index < -0.39 is 11.6 Å². The van der Waals surface area contributed by atoms with E-state index >= 15 is 0 Å². The van der Waals surface area contributed by atoms with Crippen LogP contribution < -0.4 is 5.32 Å². The molecule has 1 heterocycles. The number of ketones is 1. The number of para-hydroxylation sites is 1. The van der Waals surface area contributed by atoms with E-state index in [1.165, 1.54) is 0 Å². The number of rotatable bonds is 4. The zero-order chi connectivity index (χ0) is 16.9. The first kappa shape index (κ1) is 15.3. The van der Waals surface area contributed by atoms with Crippen molar-refractivity contribution in [2.75, 3.05) is 5.32 Å². The molecule has 1 saturated carbocycles. The molecule has 4 rings (SSSR count). The van der Waals surface area contributed by atoms with Gasteiger partial charge < -0.3 is 5.32 Å². The SMILES string of the molecule is O=C(CC1C(=O)Nc2c(Cl)cccc21)c1ccc(C2(F)CC2)cc1. The number of alkyl halides is 1. The van der Waals surface area contributed by atoms with Crippen molar-refractivity contribution in [2.24, 2.45) is 0 Å². The Balaban J connectivity index is 1.54. The van der Waals surface area contributed by atoms with Crippen LogP contribution in [-0.4, -0.2) is 11.7 Å². The highest BCUT2D eigenvalue weighted by Gasteiger charge is 2.44. The van der Waals surface area contributed by atoms with Crippen LogP contribution in [0.1, 0.15) is 46.7 Å². The number of hydrogen-bond acceptors (Lipinski definition) is 2. The van der Waals surface area contributed by atoms with E-state index in [1.807, 2.05) is 0 Å². The lowest BCUT2D eigenvalue weighted by molar-refractivity contribution is -0.117. The Morgan fingerprint density at radius 1 is 1.21 bits per heavy atom. The van der Waals surface area contributed by atoms with Gasteiger partial charge in [-0.15, -0.1) is 0 Å². The molecule has 0 spiro atoms. The summed E-state index contributed by atoms with van der Waals surface area (Å²) < 4.78 is 14.0. The first-order valence-electron chi connectivity index (χ1n) is 7.90. The zero-order valence-electron chi connectivity index (χ0n) is 12.8. The minimum absolute atomic E-state index is 0.0687. The van der Waals surface area contributed by atoms with Crippen molar-refractivity contribution in [3.63, 3.8) is 0 Å². The molecule has 1 aliphatic heterocycles. The molecule has 122 valence electrons. The van der Waals surface area contributed by atoms with E-state index in [-0.39, 0.29) is 18.1 Å². The van der Waals surface area contributed by atoms with E-state index in [0.29, 0.717) is 34.7 Å². The second kappa shape index (κ2) is 5.42. The van der Waals surface area contributed by atoms with E-state index in [4.69, 9.17) is 11.6 Å². The number of carbonyl (C=O) groups is 2. The van der Waals surface area contributed by atoms with Crippen molar-refractivity contribution in [3.05, 3.63) is 64.2 Å². The van der Waals surface area contributed by atoms with Crippen LogP contribution in [0.15, 0.2) is 42.5 Å². The molecule has 0 saturated heterocycles. The van der Waals surface area contributed by atoms with Crippen LogP contribution in [0.4, 0.5) is 10.1 Å². The van der Waals surface area contributed by atoms with Crippen LogP contribution in [0.3, 0.4) is 0 Å². The Morgan fingerprint density at radius 2 is 1.92 bits per heavy atom. The predicted octanol–water partition coefficient (Wildman–Crippen LogP) is 4.61. The highest BCUT2D eigenvalue weighted by atomic mass is 35.5. The summed E-state index contributed by atoms with van der Waals surface area (Å²) in [7, 11) is 0. The quantitative estimate of drug-likeness (QED) is 0.824. The molecule has 0 aromatic heterocycles. The van der Waals surface area contributed by atoms with Crippen molar-refractivity contribution in [2.45, 2.75) is 30.8 Å². The van der Waals surface area contributed by atoms with Crippen LogP contribution in [0.2, 0.25) is 5.02 Å². The number of Topliss-reactive ketones (excluding diaryl/α,β-unsaturated/α-hetero) is 1. The number of carbonyl (C=O) groups excluding carboxylic acids is 2. The summed E-state index contributed by atoms with van der Waals surface area (Å²) in [5.74, 6) is -0.899. The van der Waals surface area contributed by atoms with Gasteiger partial charge in [0.1, 0.15) is 5.67 Å². The number of nitrogens with one attached hydrogen (secondary N) is 1. The van der Waals surface area contributed by atoms with Crippen LogP contribution in [-0.2, 0) is 10.5 Å². The van der Waals surface area contributed by atoms with Gasteiger partial charge in [0.15, 0.2) is 5.78 Å². The van der Waals surface area contributed by atoms with Gasteiger partial charge in [-0.05, 0) is 30.0 Å². The minimum atomic E-state index is -1.21. The summed E-state index contributed by atoms with van der Waals surface area (Å²) >= 11 is 6.08. The van der Waals surface area contributed by atoms with E-state index in [2.05, 4.69) is 5.32 Å². The molecule has 2 aliphatic rings. The first-order valence-corrected chi connectivity index (χ1v) is 8.28. The van der Waals surface area contributed by atoms with Gasteiger partial charge in [0.05, 0.1) is 16.6 Å². The fraction of sp³-hybridized carbons (Fsp3) is 0.263. The number of fused-ring (bicyclic) bond motifs is 1. The molecule has 1 N–H and O–H groups in total. The number of hydrogen-bond donors (Lipinski definition) is 1. The van der Waals surface area contributed by atoms with Gasteiger partial charge in [0.25, 0.3) is 0 Å². The van der Waals surface area contributed by atoms with Gasteiger partial charge in [-0.3, -0.25) is 9.59 Å². The van der Waals surface area contributed by atoms with Gasteiger partial charge in [-0.2, -0.15) is 0 Å². The predicted molar refractivity (Wildman–Crippen MR) is 90.2 cm³/mol. The number of anilines is 1. The molecule has 2 aromatic carbocycles. The molecule has 0 radical (unpaired) electrons. The molecular formula is C19H15ClFNO2.